The Balaban J connectivity index is 1.57. The van der Waals surface area contributed by atoms with E-state index in [1.54, 1.807) is 66.9 Å². The Morgan fingerprint density at radius 1 is 0.897 bits per heavy atom. The highest BCUT2D eigenvalue weighted by atomic mass is 16.5. The van der Waals surface area contributed by atoms with Crippen LogP contribution in [0.1, 0.15) is 20.7 Å². The lowest BCUT2D eigenvalue weighted by atomic mass is 10.1. The van der Waals surface area contributed by atoms with E-state index < -0.39 is 5.91 Å². The molecule has 7 heteroatoms. The summed E-state index contributed by atoms with van der Waals surface area (Å²) in [6.45, 7) is -0.416. The molecule has 1 heterocycles. The van der Waals surface area contributed by atoms with Crippen LogP contribution in [-0.2, 0) is 4.79 Å². The first-order chi connectivity index (χ1) is 14.1. The molecule has 0 atom stereocenters. The van der Waals surface area contributed by atoms with Gasteiger partial charge in [-0.3, -0.25) is 19.4 Å². The van der Waals surface area contributed by atoms with Crippen molar-refractivity contribution < 1.29 is 19.1 Å². The van der Waals surface area contributed by atoms with Gasteiger partial charge in [-0.05, 0) is 24.3 Å². The lowest BCUT2D eigenvalue weighted by molar-refractivity contribution is -0.118. The maximum absolute atomic E-state index is 12.5. The average molecular weight is 389 g/mol. The number of aromatic nitrogens is 1. The van der Waals surface area contributed by atoms with E-state index in [-0.39, 0.29) is 36.2 Å². The number of carbonyl (C=O) groups excluding carboxylic acids is 3. The van der Waals surface area contributed by atoms with Gasteiger partial charge in [0.05, 0.1) is 24.0 Å². The molecule has 0 spiro atoms. The summed E-state index contributed by atoms with van der Waals surface area (Å²) in [6.07, 6.45) is 3.12. The molecular formula is C22H19N3O4. The number of ketones is 1. The molecule has 0 radical (unpaired) electrons. The van der Waals surface area contributed by atoms with E-state index in [2.05, 4.69) is 15.6 Å². The summed E-state index contributed by atoms with van der Waals surface area (Å²) in [5.41, 5.74) is 1.30. The number of Topliss-reactive ketones (excluding diaryl/α,β-unsaturated/α-hetero) is 1. The first-order valence-electron chi connectivity index (χ1n) is 8.91. The second-order valence-corrected chi connectivity index (χ2v) is 6.05. The Bertz CT molecular complexity index is 991. The molecule has 1 aromatic heterocycles. The third-order valence-corrected chi connectivity index (χ3v) is 3.94. The summed E-state index contributed by atoms with van der Waals surface area (Å²) in [5.74, 6) is -0.795. The van der Waals surface area contributed by atoms with Crippen LogP contribution in [0.5, 0.6) is 5.75 Å². The van der Waals surface area contributed by atoms with Crippen molar-refractivity contribution in [1.82, 2.24) is 10.3 Å². The van der Waals surface area contributed by atoms with Crippen LogP contribution < -0.4 is 15.4 Å². The molecule has 2 amide bonds. The second-order valence-electron chi connectivity index (χ2n) is 6.05. The zero-order valence-corrected chi connectivity index (χ0v) is 15.5. The lowest BCUT2D eigenvalue weighted by Crippen LogP contribution is -2.30. The number of nitrogens with one attached hydrogen (secondary N) is 2. The number of benzene rings is 2. The van der Waals surface area contributed by atoms with Crippen molar-refractivity contribution >= 4 is 23.3 Å². The van der Waals surface area contributed by atoms with E-state index in [1.165, 1.54) is 6.20 Å². The van der Waals surface area contributed by atoms with Crippen molar-refractivity contribution in [2.45, 2.75) is 0 Å². The molecule has 0 saturated heterocycles. The molecule has 3 aromatic rings. The zero-order chi connectivity index (χ0) is 20.5. The Kier molecular flexibility index (Phi) is 6.67. The van der Waals surface area contributed by atoms with Gasteiger partial charge in [-0.2, -0.15) is 0 Å². The van der Waals surface area contributed by atoms with E-state index in [9.17, 15) is 14.4 Å². The largest absolute Gasteiger partial charge is 0.483 e. The van der Waals surface area contributed by atoms with E-state index in [0.717, 1.165) is 0 Å². The van der Waals surface area contributed by atoms with Gasteiger partial charge in [-0.15, -0.1) is 0 Å². The van der Waals surface area contributed by atoms with Gasteiger partial charge in [-0.1, -0.05) is 42.5 Å². The number of carbonyl (C=O) groups is 3. The molecule has 2 aromatic carbocycles. The van der Waals surface area contributed by atoms with Crippen LogP contribution >= 0.6 is 0 Å². The van der Waals surface area contributed by atoms with Gasteiger partial charge in [0.15, 0.2) is 12.4 Å². The van der Waals surface area contributed by atoms with Gasteiger partial charge in [-0.25, -0.2) is 0 Å². The number of hydrogen-bond donors (Lipinski definition) is 2. The highest BCUT2D eigenvalue weighted by Gasteiger charge is 2.15. The Morgan fingerprint density at radius 3 is 2.41 bits per heavy atom. The highest BCUT2D eigenvalue weighted by molar-refractivity contribution is 6.03. The smallest absolute Gasteiger partial charge is 0.262 e. The van der Waals surface area contributed by atoms with Crippen molar-refractivity contribution in [3.05, 3.63) is 90.3 Å². The molecule has 29 heavy (non-hydrogen) atoms. The molecule has 0 aliphatic heterocycles. The fraction of sp³-hybridized carbons (Fsp3) is 0.0909. The molecule has 0 unspecified atom stereocenters. The third-order valence-electron chi connectivity index (χ3n) is 3.94. The Labute approximate surface area is 167 Å². The summed E-state index contributed by atoms with van der Waals surface area (Å²) < 4.78 is 5.51. The summed E-state index contributed by atoms with van der Waals surface area (Å²) in [4.78, 5) is 40.6. The summed E-state index contributed by atoms with van der Waals surface area (Å²) in [5, 5.41) is 5.24. The molecule has 2 N–H and O–H groups in total. The number of rotatable bonds is 8. The molecule has 146 valence electrons. The van der Waals surface area contributed by atoms with Crippen LogP contribution in [0.3, 0.4) is 0 Å². The van der Waals surface area contributed by atoms with Gasteiger partial charge in [0, 0.05) is 11.8 Å². The number of ether oxygens (including phenoxy) is 1. The Hall–Kier alpha value is -4.00. The molecule has 0 aliphatic rings. The van der Waals surface area contributed by atoms with Crippen LogP contribution in [0.15, 0.2) is 79.1 Å². The first kappa shape index (κ1) is 19.8. The second kappa shape index (κ2) is 9.80. The van der Waals surface area contributed by atoms with Gasteiger partial charge in [0.1, 0.15) is 5.75 Å². The van der Waals surface area contributed by atoms with E-state index >= 15 is 0 Å². The number of hydrogen-bond acceptors (Lipinski definition) is 5. The zero-order valence-electron chi connectivity index (χ0n) is 15.5. The fourth-order valence-electron chi connectivity index (χ4n) is 2.54. The molecule has 0 fully saturated rings. The first-order valence-corrected chi connectivity index (χ1v) is 8.91. The summed E-state index contributed by atoms with van der Waals surface area (Å²) in [6, 6.07) is 18.6. The van der Waals surface area contributed by atoms with Crippen LogP contribution in [0.4, 0.5) is 5.69 Å². The van der Waals surface area contributed by atoms with Gasteiger partial charge in [0.25, 0.3) is 11.8 Å². The summed E-state index contributed by atoms with van der Waals surface area (Å²) in [7, 11) is 0. The normalized spacial score (nSPS) is 10.1. The van der Waals surface area contributed by atoms with Crippen LogP contribution in [-0.4, -0.2) is 35.7 Å². The predicted octanol–water partition coefficient (Wildman–Crippen LogP) is 2.71. The molecule has 0 bridgehead atoms. The van der Waals surface area contributed by atoms with Crippen molar-refractivity contribution in [2.24, 2.45) is 0 Å². The lowest BCUT2D eigenvalue weighted by Gasteiger charge is -2.11. The third kappa shape index (κ3) is 5.74. The minimum absolute atomic E-state index is 0.140. The van der Waals surface area contributed by atoms with E-state index in [1.807, 2.05) is 6.07 Å². The van der Waals surface area contributed by atoms with Crippen molar-refractivity contribution in [3.63, 3.8) is 0 Å². The maximum Gasteiger partial charge on any atom is 0.262 e. The standard InChI is InChI=1S/C22H19N3O4/c26-19(16-7-2-1-3-8-16)14-24-22(28)18-10-4-5-11-20(18)29-15-21(27)25-17-9-6-12-23-13-17/h1-13H,14-15H2,(H,24,28)(H,25,27). The topological polar surface area (TPSA) is 97.4 Å². The molecule has 0 saturated carbocycles. The number of nitrogens with zero attached hydrogens (tertiary/aromatic N) is 1. The van der Waals surface area contributed by atoms with Crippen molar-refractivity contribution in [1.29, 1.82) is 0 Å². The van der Waals surface area contributed by atoms with Gasteiger partial charge >= 0.3 is 0 Å². The number of para-hydroxylation sites is 1. The maximum atomic E-state index is 12.5. The van der Waals surface area contributed by atoms with Crippen LogP contribution in [0, 0.1) is 0 Å². The quantitative estimate of drug-likeness (QED) is 0.578. The fourth-order valence-corrected chi connectivity index (χ4v) is 2.54. The molecule has 7 nitrogen and oxygen atoms in total. The summed E-state index contributed by atoms with van der Waals surface area (Å²) >= 11 is 0. The average Bonchev–Trinajstić information content (AvgIpc) is 2.77. The predicted molar refractivity (Wildman–Crippen MR) is 108 cm³/mol. The van der Waals surface area contributed by atoms with E-state index in [0.29, 0.717) is 11.3 Å². The number of pyridine rings is 1. The van der Waals surface area contributed by atoms with Crippen LogP contribution in [0.2, 0.25) is 0 Å². The van der Waals surface area contributed by atoms with Crippen molar-refractivity contribution in [3.8, 4) is 5.75 Å². The molecule has 0 aliphatic carbocycles. The van der Waals surface area contributed by atoms with Crippen LogP contribution in [0.25, 0.3) is 0 Å². The highest BCUT2D eigenvalue weighted by Crippen LogP contribution is 2.18. The SMILES string of the molecule is O=C(COc1ccccc1C(=O)NCC(=O)c1ccccc1)Nc1cccnc1. The minimum Gasteiger partial charge on any atom is -0.483 e. The molecular weight excluding hydrogens is 370 g/mol. The number of anilines is 1. The van der Waals surface area contributed by atoms with E-state index in [4.69, 9.17) is 4.74 Å². The Morgan fingerprint density at radius 2 is 1.66 bits per heavy atom. The molecule has 3 rings (SSSR count). The van der Waals surface area contributed by atoms with Gasteiger partial charge in [0.2, 0.25) is 0 Å². The van der Waals surface area contributed by atoms with Crippen molar-refractivity contribution in [2.75, 3.05) is 18.5 Å². The van der Waals surface area contributed by atoms with Gasteiger partial charge < -0.3 is 15.4 Å². The number of amides is 2. The minimum atomic E-state index is -0.461. The monoisotopic (exact) mass is 389 g/mol.